The van der Waals surface area contributed by atoms with Crippen molar-refractivity contribution in [2.24, 2.45) is 0 Å². The minimum Gasteiger partial charge on any atom is -0.0590 e. The van der Waals surface area contributed by atoms with Crippen LogP contribution in [0.25, 0.3) is 0 Å². The summed E-state index contributed by atoms with van der Waals surface area (Å²) in [6.07, 6.45) is 2.50. The summed E-state index contributed by atoms with van der Waals surface area (Å²) in [5.41, 5.74) is 12.1. The standard InChI is InChI=1S/C20H24/c1-12-6-8-17(9-7-12)19-11-10-18-15(4)13(2)14(3)16(5)20(18)19/h6-9,19H,10-11H2,1-5H3. The molecular weight excluding hydrogens is 240 g/mol. The van der Waals surface area contributed by atoms with Gasteiger partial charge in [0, 0.05) is 5.92 Å². The third kappa shape index (κ3) is 1.90. The molecule has 0 nitrogen and oxygen atoms in total. The van der Waals surface area contributed by atoms with Crippen LogP contribution < -0.4 is 0 Å². The van der Waals surface area contributed by atoms with Crippen LogP contribution in [0.1, 0.15) is 56.8 Å². The molecule has 3 rings (SSSR count). The molecule has 0 saturated carbocycles. The molecule has 1 aliphatic rings. The molecule has 0 heteroatoms. The summed E-state index contributed by atoms with van der Waals surface area (Å²) in [6, 6.07) is 9.13. The predicted octanol–water partition coefficient (Wildman–Crippen LogP) is 5.31. The Morgan fingerprint density at radius 3 is 2.00 bits per heavy atom. The lowest BCUT2D eigenvalue weighted by molar-refractivity contribution is 0.784. The van der Waals surface area contributed by atoms with Crippen LogP contribution in [0.15, 0.2) is 24.3 Å². The minimum absolute atomic E-state index is 0.601. The van der Waals surface area contributed by atoms with Crippen LogP contribution in [0.2, 0.25) is 0 Å². The summed E-state index contributed by atoms with van der Waals surface area (Å²) in [4.78, 5) is 0. The zero-order chi connectivity index (χ0) is 14.4. The molecule has 20 heavy (non-hydrogen) atoms. The van der Waals surface area contributed by atoms with Crippen molar-refractivity contribution >= 4 is 0 Å². The van der Waals surface area contributed by atoms with Gasteiger partial charge in [-0.25, -0.2) is 0 Å². The molecule has 0 fully saturated rings. The Kier molecular flexibility index (Phi) is 3.20. The monoisotopic (exact) mass is 264 g/mol. The van der Waals surface area contributed by atoms with E-state index < -0.39 is 0 Å². The Bertz CT molecular complexity index is 660. The summed E-state index contributed by atoms with van der Waals surface area (Å²) in [5, 5.41) is 0. The molecule has 1 atom stereocenters. The second kappa shape index (κ2) is 4.77. The molecule has 104 valence electrons. The highest BCUT2D eigenvalue weighted by Crippen LogP contribution is 2.43. The first-order valence-corrected chi connectivity index (χ1v) is 7.66. The zero-order valence-corrected chi connectivity index (χ0v) is 13.3. The molecule has 0 saturated heterocycles. The van der Waals surface area contributed by atoms with Crippen molar-refractivity contribution in [3.63, 3.8) is 0 Å². The van der Waals surface area contributed by atoms with E-state index in [9.17, 15) is 0 Å². The molecule has 2 aromatic carbocycles. The topological polar surface area (TPSA) is 0 Å². The van der Waals surface area contributed by atoms with Gasteiger partial charge in [0.1, 0.15) is 0 Å². The van der Waals surface area contributed by atoms with Gasteiger partial charge in [-0.15, -0.1) is 0 Å². The van der Waals surface area contributed by atoms with Crippen LogP contribution in [0, 0.1) is 34.6 Å². The van der Waals surface area contributed by atoms with Crippen molar-refractivity contribution in [3.8, 4) is 0 Å². The number of rotatable bonds is 1. The van der Waals surface area contributed by atoms with Crippen molar-refractivity contribution in [1.82, 2.24) is 0 Å². The van der Waals surface area contributed by atoms with Crippen LogP contribution in [0.3, 0.4) is 0 Å². The quantitative estimate of drug-likeness (QED) is 0.655. The highest BCUT2D eigenvalue weighted by molar-refractivity contribution is 5.56. The lowest BCUT2D eigenvalue weighted by Crippen LogP contribution is -2.04. The minimum atomic E-state index is 0.601. The molecule has 0 aliphatic heterocycles. The lowest BCUT2D eigenvalue weighted by atomic mass is 9.85. The Labute approximate surface area is 122 Å². The van der Waals surface area contributed by atoms with Gasteiger partial charge in [-0.05, 0) is 86.4 Å². The Morgan fingerprint density at radius 1 is 0.750 bits per heavy atom. The molecule has 0 amide bonds. The van der Waals surface area contributed by atoms with Crippen LogP contribution in [0.5, 0.6) is 0 Å². The number of hydrogen-bond donors (Lipinski definition) is 0. The Hall–Kier alpha value is -1.56. The van der Waals surface area contributed by atoms with E-state index in [1.165, 1.54) is 46.2 Å². The number of hydrogen-bond acceptors (Lipinski definition) is 0. The van der Waals surface area contributed by atoms with Gasteiger partial charge < -0.3 is 0 Å². The first-order chi connectivity index (χ1) is 9.50. The largest absolute Gasteiger partial charge is 0.0590 e. The van der Waals surface area contributed by atoms with Crippen LogP contribution in [0.4, 0.5) is 0 Å². The van der Waals surface area contributed by atoms with Gasteiger partial charge in [-0.1, -0.05) is 29.8 Å². The first kappa shape index (κ1) is 13.4. The van der Waals surface area contributed by atoms with E-state index in [0.717, 1.165) is 0 Å². The predicted molar refractivity (Wildman–Crippen MR) is 86.7 cm³/mol. The second-order valence-electron chi connectivity index (χ2n) is 6.39. The lowest BCUT2D eigenvalue weighted by Gasteiger charge is -2.20. The SMILES string of the molecule is Cc1ccc(C2CCc3c(C)c(C)c(C)c(C)c32)cc1. The molecule has 0 spiro atoms. The first-order valence-electron chi connectivity index (χ1n) is 7.66. The summed E-state index contributed by atoms with van der Waals surface area (Å²) >= 11 is 0. The average molecular weight is 264 g/mol. The van der Waals surface area contributed by atoms with Crippen LogP contribution in [-0.4, -0.2) is 0 Å². The maximum atomic E-state index is 2.32. The molecule has 0 bridgehead atoms. The fourth-order valence-electron chi connectivity index (χ4n) is 3.78. The molecule has 1 unspecified atom stereocenters. The van der Waals surface area contributed by atoms with Crippen molar-refractivity contribution in [1.29, 1.82) is 0 Å². The van der Waals surface area contributed by atoms with E-state index in [2.05, 4.69) is 58.9 Å². The zero-order valence-electron chi connectivity index (χ0n) is 13.3. The molecule has 2 aromatic rings. The normalized spacial score (nSPS) is 17.4. The molecular formula is C20H24. The summed E-state index contributed by atoms with van der Waals surface area (Å²) in [7, 11) is 0. The average Bonchev–Trinajstić information content (AvgIpc) is 2.88. The maximum Gasteiger partial charge on any atom is 0.00980 e. The van der Waals surface area contributed by atoms with Gasteiger partial charge in [-0.2, -0.15) is 0 Å². The maximum absolute atomic E-state index is 2.32. The molecule has 1 aliphatic carbocycles. The third-order valence-electron chi connectivity index (χ3n) is 5.38. The number of aryl methyl sites for hydroxylation is 1. The van der Waals surface area contributed by atoms with Crippen molar-refractivity contribution in [2.45, 2.75) is 53.4 Å². The summed E-state index contributed by atoms with van der Waals surface area (Å²) in [5.74, 6) is 0.601. The van der Waals surface area contributed by atoms with E-state index in [1.54, 1.807) is 11.1 Å². The van der Waals surface area contributed by atoms with Gasteiger partial charge in [0.25, 0.3) is 0 Å². The van der Waals surface area contributed by atoms with Gasteiger partial charge in [-0.3, -0.25) is 0 Å². The van der Waals surface area contributed by atoms with Gasteiger partial charge in [0.15, 0.2) is 0 Å². The van der Waals surface area contributed by atoms with E-state index in [1.807, 2.05) is 0 Å². The number of benzene rings is 2. The van der Waals surface area contributed by atoms with Crippen molar-refractivity contribution in [2.75, 3.05) is 0 Å². The smallest absolute Gasteiger partial charge is 0.00980 e. The van der Waals surface area contributed by atoms with E-state index >= 15 is 0 Å². The summed E-state index contributed by atoms with van der Waals surface area (Å²) in [6.45, 7) is 11.3. The Morgan fingerprint density at radius 2 is 1.35 bits per heavy atom. The highest BCUT2D eigenvalue weighted by Gasteiger charge is 2.28. The highest BCUT2D eigenvalue weighted by atomic mass is 14.3. The van der Waals surface area contributed by atoms with Crippen LogP contribution >= 0.6 is 0 Å². The molecule has 0 heterocycles. The van der Waals surface area contributed by atoms with Gasteiger partial charge in [0.05, 0.1) is 0 Å². The van der Waals surface area contributed by atoms with E-state index in [-0.39, 0.29) is 0 Å². The van der Waals surface area contributed by atoms with Gasteiger partial charge in [0.2, 0.25) is 0 Å². The summed E-state index contributed by atoms with van der Waals surface area (Å²) < 4.78 is 0. The molecule has 0 aromatic heterocycles. The third-order valence-corrected chi connectivity index (χ3v) is 5.38. The second-order valence-corrected chi connectivity index (χ2v) is 6.39. The molecule has 0 radical (unpaired) electrons. The Balaban J connectivity index is 2.17. The van der Waals surface area contributed by atoms with E-state index in [4.69, 9.17) is 0 Å². The number of fused-ring (bicyclic) bond motifs is 1. The fourth-order valence-corrected chi connectivity index (χ4v) is 3.78. The van der Waals surface area contributed by atoms with Crippen molar-refractivity contribution < 1.29 is 0 Å². The van der Waals surface area contributed by atoms with Crippen molar-refractivity contribution in [3.05, 3.63) is 68.8 Å². The van der Waals surface area contributed by atoms with E-state index in [0.29, 0.717) is 5.92 Å². The molecule has 0 N–H and O–H groups in total. The fraction of sp³-hybridized carbons (Fsp3) is 0.400. The van der Waals surface area contributed by atoms with Gasteiger partial charge >= 0.3 is 0 Å². The van der Waals surface area contributed by atoms with Crippen LogP contribution in [-0.2, 0) is 6.42 Å².